The van der Waals surface area contributed by atoms with Gasteiger partial charge in [0.05, 0.1) is 0 Å². The zero-order valence-corrected chi connectivity index (χ0v) is 22.7. The fourth-order valence-corrected chi connectivity index (χ4v) is 3.72. The quantitative estimate of drug-likeness (QED) is 0.130. The van der Waals surface area contributed by atoms with Crippen molar-refractivity contribution in [1.29, 1.82) is 0 Å². The maximum Gasteiger partial charge on any atom is 0.338 e. The number of nitrogens with one attached hydrogen (secondary N) is 4. The molecule has 4 amide bonds. The smallest absolute Gasteiger partial charge is 0.338 e. The molecule has 12 nitrogen and oxygen atoms in total. The number of hydrogen-bond acceptors (Lipinski definition) is 6. The van der Waals surface area contributed by atoms with Crippen LogP contribution in [0.5, 0.6) is 0 Å². The summed E-state index contributed by atoms with van der Waals surface area (Å²) in [5.74, 6) is -5.22. The molecule has 3 rings (SSSR count). The normalized spacial score (nSPS) is 10.4. The van der Waals surface area contributed by atoms with Crippen molar-refractivity contribution in [2.45, 2.75) is 38.6 Å². The number of carbonyl (C=O) groups excluding carboxylic acids is 4. The molecule has 0 bridgehead atoms. The van der Waals surface area contributed by atoms with E-state index in [0.717, 1.165) is 19.3 Å². The second-order valence-electron chi connectivity index (χ2n) is 9.23. The first kappa shape index (κ1) is 31.0. The molecular weight excluding hydrogens is 544 g/mol. The molecule has 0 fully saturated rings. The van der Waals surface area contributed by atoms with Gasteiger partial charge in [-0.05, 0) is 79.2 Å². The number of anilines is 3. The van der Waals surface area contributed by atoms with Crippen molar-refractivity contribution in [1.82, 2.24) is 5.32 Å². The predicted molar refractivity (Wildman–Crippen MR) is 155 cm³/mol. The minimum Gasteiger partial charge on any atom is -0.479 e. The molecule has 0 aromatic heterocycles. The van der Waals surface area contributed by atoms with E-state index < -0.39 is 29.8 Å². The van der Waals surface area contributed by atoms with E-state index in [4.69, 9.17) is 10.2 Å². The molecular formula is C30H30N4O8. The van der Waals surface area contributed by atoms with Gasteiger partial charge in [0.25, 0.3) is 17.7 Å². The molecule has 0 aliphatic rings. The molecule has 0 saturated carbocycles. The molecule has 0 saturated heterocycles. The van der Waals surface area contributed by atoms with Crippen molar-refractivity contribution in [2.24, 2.45) is 0 Å². The Morgan fingerprint density at radius 2 is 0.952 bits per heavy atom. The molecule has 42 heavy (non-hydrogen) atoms. The first-order valence-corrected chi connectivity index (χ1v) is 13.1. The number of aliphatic carboxylic acids is 2. The molecule has 6 N–H and O–H groups in total. The third-order valence-electron chi connectivity index (χ3n) is 6.02. The molecule has 3 aromatic rings. The first-order valence-electron chi connectivity index (χ1n) is 13.1. The molecule has 12 heteroatoms. The van der Waals surface area contributed by atoms with Crippen LogP contribution in [-0.4, -0.2) is 51.8 Å². The number of carboxylic acid groups (broad SMARTS) is 2. The lowest BCUT2D eigenvalue weighted by atomic mass is 10.1. The van der Waals surface area contributed by atoms with Crippen molar-refractivity contribution in [3.63, 3.8) is 0 Å². The van der Waals surface area contributed by atoms with Crippen molar-refractivity contribution >= 4 is 52.6 Å². The predicted octanol–water partition coefficient (Wildman–Crippen LogP) is 3.98. The van der Waals surface area contributed by atoms with Crippen LogP contribution in [0.3, 0.4) is 0 Å². The lowest BCUT2D eigenvalue weighted by Crippen LogP contribution is -2.46. The third kappa shape index (κ3) is 9.01. The highest BCUT2D eigenvalue weighted by Gasteiger charge is 2.28. The summed E-state index contributed by atoms with van der Waals surface area (Å²) in [6.07, 6.45) is 3.29. The Balaban J connectivity index is 1.52. The van der Waals surface area contributed by atoms with E-state index in [2.05, 4.69) is 22.9 Å². The highest BCUT2D eigenvalue weighted by molar-refractivity contribution is 6.07. The van der Waals surface area contributed by atoms with Crippen LogP contribution in [0.4, 0.5) is 17.1 Å². The lowest BCUT2D eigenvalue weighted by Gasteiger charge is -2.11. The van der Waals surface area contributed by atoms with Crippen molar-refractivity contribution < 1.29 is 39.0 Å². The number of hydrogen-bond donors (Lipinski definition) is 6. The van der Waals surface area contributed by atoms with Crippen LogP contribution < -0.4 is 21.3 Å². The summed E-state index contributed by atoms with van der Waals surface area (Å²) < 4.78 is 0. The van der Waals surface area contributed by atoms with Crippen LogP contribution in [-0.2, 0) is 14.4 Å². The van der Waals surface area contributed by atoms with E-state index in [1.54, 1.807) is 36.4 Å². The van der Waals surface area contributed by atoms with Crippen molar-refractivity contribution in [3.05, 3.63) is 89.5 Å². The SMILES string of the molecule is CCCCCC(=O)Nc1ccc(C(=O)Nc2ccc(C(=O)Nc3ccc(C(=O)NC(C(=O)O)C(=O)O)cc3)cc2)cc1. The second kappa shape index (κ2) is 14.7. The number of amides is 4. The van der Waals surface area contributed by atoms with Crippen LogP contribution >= 0.6 is 0 Å². The number of carboxylic acids is 2. The van der Waals surface area contributed by atoms with Gasteiger partial charge in [-0.3, -0.25) is 19.2 Å². The maximum atomic E-state index is 12.6. The molecule has 0 aliphatic carbocycles. The summed E-state index contributed by atoms with van der Waals surface area (Å²) in [5, 5.41) is 27.9. The van der Waals surface area contributed by atoms with E-state index in [9.17, 15) is 28.8 Å². The summed E-state index contributed by atoms with van der Waals surface area (Å²) in [5.41, 5.74) is 2.08. The fraction of sp³-hybridized carbons (Fsp3) is 0.200. The Morgan fingerprint density at radius 1 is 0.571 bits per heavy atom. The zero-order chi connectivity index (χ0) is 30.6. The summed E-state index contributed by atoms with van der Waals surface area (Å²) >= 11 is 0. The molecule has 0 heterocycles. The van der Waals surface area contributed by atoms with Gasteiger partial charge < -0.3 is 31.5 Å². The minimum atomic E-state index is -2.09. The van der Waals surface area contributed by atoms with Gasteiger partial charge in [-0.25, -0.2) is 9.59 Å². The molecule has 0 atom stereocenters. The van der Waals surface area contributed by atoms with Gasteiger partial charge in [0.15, 0.2) is 0 Å². The molecule has 0 aliphatic heterocycles. The zero-order valence-electron chi connectivity index (χ0n) is 22.7. The Labute approximate surface area is 241 Å². The summed E-state index contributed by atoms with van der Waals surface area (Å²) in [7, 11) is 0. The number of rotatable bonds is 13. The van der Waals surface area contributed by atoms with Crippen LogP contribution in [0.1, 0.15) is 63.7 Å². The lowest BCUT2D eigenvalue weighted by molar-refractivity contribution is -0.150. The topological polar surface area (TPSA) is 191 Å². The van der Waals surface area contributed by atoms with Gasteiger partial charge in [0.2, 0.25) is 11.9 Å². The fourth-order valence-electron chi connectivity index (χ4n) is 3.72. The molecule has 218 valence electrons. The Hall–Kier alpha value is -5.52. The number of unbranched alkanes of at least 4 members (excludes halogenated alkanes) is 2. The van der Waals surface area contributed by atoms with Crippen molar-refractivity contribution in [3.8, 4) is 0 Å². The van der Waals surface area contributed by atoms with Gasteiger partial charge in [0, 0.05) is 40.2 Å². The van der Waals surface area contributed by atoms with Gasteiger partial charge in [0.1, 0.15) is 0 Å². The highest BCUT2D eigenvalue weighted by atomic mass is 16.4. The van der Waals surface area contributed by atoms with Gasteiger partial charge in [-0.2, -0.15) is 0 Å². The van der Waals surface area contributed by atoms with Gasteiger partial charge >= 0.3 is 11.9 Å². The van der Waals surface area contributed by atoms with Crippen molar-refractivity contribution in [2.75, 3.05) is 16.0 Å². The average Bonchev–Trinajstić information content (AvgIpc) is 2.96. The molecule has 3 aromatic carbocycles. The van der Waals surface area contributed by atoms with E-state index in [-0.39, 0.29) is 17.4 Å². The molecule has 0 spiro atoms. The summed E-state index contributed by atoms with van der Waals surface area (Å²) in [6.45, 7) is 2.07. The van der Waals surface area contributed by atoms with E-state index >= 15 is 0 Å². The van der Waals surface area contributed by atoms with Crippen LogP contribution in [0.15, 0.2) is 72.8 Å². The number of carbonyl (C=O) groups is 6. The largest absolute Gasteiger partial charge is 0.479 e. The number of benzene rings is 3. The summed E-state index contributed by atoms with van der Waals surface area (Å²) in [4.78, 5) is 71.3. The maximum absolute atomic E-state index is 12.6. The van der Waals surface area contributed by atoms with E-state index in [1.165, 1.54) is 36.4 Å². The standard InChI is InChI=1S/C30H30N4O8/c1-2-3-4-5-24(35)31-21-12-6-18(7-13-21)26(36)32-22-14-8-19(9-15-22)27(37)33-23-16-10-20(11-17-23)28(38)34-25(29(39)40)30(41)42/h6-17,25H,2-5H2,1H3,(H,31,35)(H,32,36)(H,33,37)(H,34,38)(H,39,40)(H,41,42). The monoisotopic (exact) mass is 574 g/mol. The van der Waals surface area contributed by atoms with E-state index in [1.807, 2.05) is 5.32 Å². The van der Waals surface area contributed by atoms with Gasteiger partial charge in [-0.1, -0.05) is 19.8 Å². The van der Waals surface area contributed by atoms with Crippen LogP contribution in [0.25, 0.3) is 0 Å². The van der Waals surface area contributed by atoms with E-state index in [0.29, 0.717) is 34.6 Å². The molecule has 0 unspecified atom stereocenters. The third-order valence-corrected chi connectivity index (χ3v) is 6.02. The Bertz CT molecular complexity index is 1440. The van der Waals surface area contributed by atoms with Gasteiger partial charge in [-0.15, -0.1) is 0 Å². The van der Waals surface area contributed by atoms with Crippen LogP contribution in [0, 0.1) is 0 Å². The Kier molecular flexibility index (Phi) is 10.9. The summed E-state index contributed by atoms with van der Waals surface area (Å²) in [6, 6.07) is 16.0. The highest BCUT2D eigenvalue weighted by Crippen LogP contribution is 2.16. The van der Waals surface area contributed by atoms with Crippen LogP contribution in [0.2, 0.25) is 0 Å². The molecule has 0 radical (unpaired) electrons. The minimum absolute atomic E-state index is 0.00222. The first-order chi connectivity index (χ1) is 20.1. The average molecular weight is 575 g/mol. The second-order valence-corrected chi connectivity index (χ2v) is 9.23. The Morgan fingerprint density at radius 3 is 1.33 bits per heavy atom.